The molecule has 2 rings (SSSR count). The average molecular weight is 304 g/mol. The van der Waals surface area contributed by atoms with E-state index in [1.807, 2.05) is 11.0 Å². The second-order valence-corrected chi connectivity index (χ2v) is 7.24. The number of carbonyl (C=O) groups excluding carboxylic acids is 2. The van der Waals surface area contributed by atoms with Gasteiger partial charge in [-0.25, -0.2) is 0 Å². The summed E-state index contributed by atoms with van der Waals surface area (Å²) in [6.45, 7) is 9.53. The minimum Gasteiger partial charge on any atom is -0.352 e. The smallest absolute Gasteiger partial charge is 0.246 e. The highest BCUT2D eigenvalue weighted by atomic mass is 16.2. The van der Waals surface area contributed by atoms with Gasteiger partial charge in [-0.05, 0) is 43.6 Å². The molecule has 2 amide bonds. The molecule has 4 nitrogen and oxygen atoms in total. The van der Waals surface area contributed by atoms with E-state index in [0.717, 1.165) is 19.4 Å². The third-order valence-corrected chi connectivity index (χ3v) is 4.84. The van der Waals surface area contributed by atoms with Crippen molar-refractivity contribution in [3.05, 3.63) is 23.3 Å². The molecular formula is C18H28N2O2. The fraction of sp³-hybridized carbons (Fsp3) is 0.667. The van der Waals surface area contributed by atoms with Crippen LogP contribution in [0.2, 0.25) is 0 Å². The van der Waals surface area contributed by atoms with E-state index in [1.54, 1.807) is 6.08 Å². The highest BCUT2D eigenvalue weighted by Crippen LogP contribution is 2.40. The Labute approximate surface area is 133 Å². The predicted molar refractivity (Wildman–Crippen MR) is 88.3 cm³/mol. The van der Waals surface area contributed by atoms with Crippen molar-refractivity contribution in [1.82, 2.24) is 10.2 Å². The van der Waals surface area contributed by atoms with Crippen LogP contribution in [-0.4, -0.2) is 35.8 Å². The topological polar surface area (TPSA) is 49.4 Å². The van der Waals surface area contributed by atoms with Crippen molar-refractivity contribution in [2.45, 2.75) is 59.4 Å². The van der Waals surface area contributed by atoms with Gasteiger partial charge in [0.1, 0.15) is 0 Å². The molecule has 1 aliphatic heterocycles. The number of hydrogen-bond donors (Lipinski definition) is 1. The third kappa shape index (κ3) is 3.99. The van der Waals surface area contributed by atoms with Crippen molar-refractivity contribution in [3.8, 4) is 0 Å². The highest BCUT2D eigenvalue weighted by molar-refractivity contribution is 5.88. The predicted octanol–water partition coefficient (Wildman–Crippen LogP) is 2.81. The molecule has 4 heteroatoms. The molecule has 1 atom stereocenters. The first-order chi connectivity index (χ1) is 10.3. The quantitative estimate of drug-likeness (QED) is 0.815. The number of nitrogens with one attached hydrogen (secondary N) is 1. The van der Waals surface area contributed by atoms with Gasteiger partial charge < -0.3 is 10.2 Å². The minimum absolute atomic E-state index is 0.0282. The van der Waals surface area contributed by atoms with Gasteiger partial charge in [-0.2, -0.15) is 0 Å². The zero-order valence-corrected chi connectivity index (χ0v) is 14.2. The summed E-state index contributed by atoms with van der Waals surface area (Å²) in [5, 5.41) is 2.89. The van der Waals surface area contributed by atoms with E-state index in [-0.39, 0.29) is 23.3 Å². The van der Waals surface area contributed by atoms with E-state index in [9.17, 15) is 9.59 Å². The van der Waals surface area contributed by atoms with Crippen molar-refractivity contribution >= 4 is 11.8 Å². The van der Waals surface area contributed by atoms with Crippen LogP contribution in [0.5, 0.6) is 0 Å². The summed E-state index contributed by atoms with van der Waals surface area (Å²) in [6, 6.07) is 0.0990. The molecule has 1 fully saturated rings. The Morgan fingerprint density at radius 3 is 2.73 bits per heavy atom. The first kappa shape index (κ1) is 16.8. The van der Waals surface area contributed by atoms with Crippen LogP contribution in [0.1, 0.15) is 53.4 Å². The Balaban J connectivity index is 1.99. The lowest BCUT2D eigenvalue weighted by Crippen LogP contribution is -2.36. The van der Waals surface area contributed by atoms with Gasteiger partial charge in [-0.15, -0.1) is 0 Å². The summed E-state index contributed by atoms with van der Waals surface area (Å²) >= 11 is 0. The van der Waals surface area contributed by atoms with E-state index in [4.69, 9.17) is 0 Å². The molecule has 1 N–H and O–H groups in total. The molecule has 0 aromatic rings. The molecule has 0 radical (unpaired) electrons. The van der Waals surface area contributed by atoms with Gasteiger partial charge in [-0.3, -0.25) is 9.59 Å². The Hall–Kier alpha value is -1.58. The summed E-state index contributed by atoms with van der Waals surface area (Å²) < 4.78 is 0. The molecule has 1 saturated heterocycles. The zero-order valence-electron chi connectivity index (χ0n) is 14.2. The molecule has 0 aromatic carbocycles. The molecule has 0 bridgehead atoms. The average Bonchev–Trinajstić information content (AvgIpc) is 2.84. The van der Waals surface area contributed by atoms with Gasteiger partial charge in [0.05, 0.1) is 0 Å². The lowest BCUT2D eigenvalue weighted by Gasteiger charge is -2.33. The fourth-order valence-electron chi connectivity index (χ4n) is 3.64. The standard InChI is InChI=1S/C18H28N2O2/c1-13-6-5-10-18(3,4)16(13)7-8-17(22)20-11-9-15(12-20)19-14(2)21/h7-8,15H,5-6,9-12H2,1-4H3,(H,19,21)/b8-7+. The second kappa shape index (κ2) is 6.67. The van der Waals surface area contributed by atoms with E-state index in [1.165, 1.54) is 30.9 Å². The van der Waals surface area contributed by atoms with Gasteiger partial charge in [0, 0.05) is 32.1 Å². The monoisotopic (exact) mass is 304 g/mol. The van der Waals surface area contributed by atoms with E-state index in [2.05, 4.69) is 26.1 Å². The number of likely N-dealkylation sites (tertiary alicyclic amines) is 1. The first-order valence-corrected chi connectivity index (χ1v) is 8.24. The maximum Gasteiger partial charge on any atom is 0.246 e. The fourth-order valence-corrected chi connectivity index (χ4v) is 3.64. The van der Waals surface area contributed by atoms with Crippen LogP contribution in [-0.2, 0) is 9.59 Å². The summed E-state index contributed by atoms with van der Waals surface area (Å²) in [5.41, 5.74) is 2.87. The van der Waals surface area contributed by atoms with Crippen LogP contribution in [0.4, 0.5) is 0 Å². The molecule has 0 aromatic heterocycles. The van der Waals surface area contributed by atoms with E-state index < -0.39 is 0 Å². The minimum atomic E-state index is -0.0282. The van der Waals surface area contributed by atoms with Crippen molar-refractivity contribution in [2.75, 3.05) is 13.1 Å². The summed E-state index contributed by atoms with van der Waals surface area (Å²) in [5.74, 6) is 0.0223. The Morgan fingerprint density at radius 1 is 1.36 bits per heavy atom. The largest absolute Gasteiger partial charge is 0.352 e. The Morgan fingerprint density at radius 2 is 2.09 bits per heavy atom. The van der Waals surface area contributed by atoms with Crippen LogP contribution in [0.25, 0.3) is 0 Å². The molecule has 2 aliphatic rings. The molecule has 1 aliphatic carbocycles. The molecule has 0 spiro atoms. The summed E-state index contributed by atoms with van der Waals surface area (Å²) in [7, 11) is 0. The van der Waals surface area contributed by atoms with Crippen LogP contribution in [0, 0.1) is 5.41 Å². The molecule has 1 heterocycles. The Kier molecular flexibility index (Phi) is 5.09. The van der Waals surface area contributed by atoms with Crippen molar-refractivity contribution in [2.24, 2.45) is 5.41 Å². The number of nitrogens with zero attached hydrogens (tertiary/aromatic N) is 1. The molecule has 0 saturated carbocycles. The summed E-state index contributed by atoms with van der Waals surface area (Å²) in [6.07, 6.45) is 8.10. The molecule has 22 heavy (non-hydrogen) atoms. The van der Waals surface area contributed by atoms with Gasteiger partial charge >= 0.3 is 0 Å². The lowest BCUT2D eigenvalue weighted by molar-refractivity contribution is -0.125. The number of allylic oxidation sites excluding steroid dienone is 3. The van der Waals surface area contributed by atoms with E-state index in [0.29, 0.717) is 6.54 Å². The van der Waals surface area contributed by atoms with Crippen LogP contribution < -0.4 is 5.32 Å². The maximum atomic E-state index is 12.3. The van der Waals surface area contributed by atoms with E-state index >= 15 is 0 Å². The molecular weight excluding hydrogens is 276 g/mol. The second-order valence-electron chi connectivity index (χ2n) is 7.24. The Bertz CT molecular complexity index is 517. The zero-order chi connectivity index (χ0) is 16.3. The normalized spacial score (nSPS) is 24.9. The third-order valence-electron chi connectivity index (χ3n) is 4.84. The van der Waals surface area contributed by atoms with Crippen molar-refractivity contribution < 1.29 is 9.59 Å². The number of hydrogen-bond acceptors (Lipinski definition) is 2. The van der Waals surface area contributed by atoms with Gasteiger partial charge in [0.15, 0.2) is 0 Å². The van der Waals surface area contributed by atoms with Gasteiger partial charge in [-0.1, -0.05) is 25.5 Å². The van der Waals surface area contributed by atoms with Crippen molar-refractivity contribution in [1.29, 1.82) is 0 Å². The number of rotatable bonds is 3. The van der Waals surface area contributed by atoms with Crippen LogP contribution in [0.15, 0.2) is 23.3 Å². The molecule has 122 valence electrons. The van der Waals surface area contributed by atoms with Crippen LogP contribution in [0.3, 0.4) is 0 Å². The van der Waals surface area contributed by atoms with Crippen molar-refractivity contribution in [3.63, 3.8) is 0 Å². The van der Waals surface area contributed by atoms with Gasteiger partial charge in [0.2, 0.25) is 11.8 Å². The van der Waals surface area contributed by atoms with Crippen LogP contribution >= 0.6 is 0 Å². The first-order valence-electron chi connectivity index (χ1n) is 8.24. The van der Waals surface area contributed by atoms with Gasteiger partial charge in [0.25, 0.3) is 0 Å². The number of amides is 2. The SMILES string of the molecule is CC(=O)NC1CCN(C(=O)/C=C/C2=C(C)CCCC2(C)C)C1. The molecule has 1 unspecified atom stereocenters. The number of carbonyl (C=O) groups is 2. The maximum absolute atomic E-state index is 12.3. The highest BCUT2D eigenvalue weighted by Gasteiger charge is 2.28. The summed E-state index contributed by atoms with van der Waals surface area (Å²) in [4.78, 5) is 25.2. The lowest BCUT2D eigenvalue weighted by atomic mass is 9.72.